The summed E-state index contributed by atoms with van der Waals surface area (Å²) < 4.78 is 9.02. The summed E-state index contributed by atoms with van der Waals surface area (Å²) in [5.41, 5.74) is 10.9. The lowest BCUT2D eigenvalue weighted by atomic mass is 10.0. The topological polar surface area (TPSA) is 21.3 Å². The summed E-state index contributed by atoms with van der Waals surface area (Å²) in [6.07, 6.45) is 0. The van der Waals surface area contributed by atoms with Crippen LogP contribution in [0, 0.1) is 0 Å². The second-order valence-electron chi connectivity index (χ2n) is 12.6. The van der Waals surface area contributed by atoms with Gasteiger partial charge >= 0.3 is 0 Å². The third kappa shape index (κ3) is 4.37. The number of aromatic nitrogens is 1. The molecule has 2 heterocycles. The predicted octanol–water partition coefficient (Wildman–Crippen LogP) is 13.0. The highest BCUT2D eigenvalue weighted by Gasteiger charge is 2.21. The quantitative estimate of drug-likeness (QED) is 0.190. The van der Waals surface area contributed by atoms with Crippen LogP contribution >= 0.6 is 0 Å². The Bertz CT molecular complexity index is 2810. The number of rotatable bonds is 5. The zero-order valence-corrected chi connectivity index (χ0v) is 26.6. The molecule has 10 aromatic rings. The Morgan fingerprint density at radius 3 is 1.92 bits per heavy atom. The Morgan fingerprint density at radius 2 is 1.08 bits per heavy atom. The second kappa shape index (κ2) is 11.0. The van der Waals surface area contributed by atoms with Crippen molar-refractivity contribution >= 4 is 71.6 Å². The van der Waals surface area contributed by atoms with Crippen LogP contribution in [0.5, 0.6) is 0 Å². The van der Waals surface area contributed by atoms with E-state index in [9.17, 15) is 0 Å². The first kappa shape index (κ1) is 27.5. The third-order valence-electron chi connectivity index (χ3n) is 9.76. The summed E-state index contributed by atoms with van der Waals surface area (Å²) in [6, 6.07) is 64.8. The van der Waals surface area contributed by atoms with E-state index in [0.717, 1.165) is 44.7 Å². The van der Waals surface area contributed by atoms with Crippen LogP contribution in [0.2, 0.25) is 0 Å². The summed E-state index contributed by atoms with van der Waals surface area (Å²) in [4.78, 5) is 2.32. The van der Waals surface area contributed by atoms with Gasteiger partial charge in [0.25, 0.3) is 0 Å². The predicted molar refractivity (Wildman–Crippen MR) is 206 cm³/mol. The SMILES string of the molecule is c1ccc(-c2ccc(N(c3ccccc3)c3ccc4oc5cccc(-n6c7ccccc7c7ccc8ccccc8c76)c5c4c3)cc2)cc1. The van der Waals surface area contributed by atoms with Gasteiger partial charge in [-0.25, -0.2) is 0 Å². The minimum atomic E-state index is 0.865. The highest BCUT2D eigenvalue weighted by Crippen LogP contribution is 2.43. The van der Waals surface area contributed by atoms with Gasteiger partial charge in [0.05, 0.1) is 22.1 Å². The van der Waals surface area contributed by atoms with Crippen molar-refractivity contribution in [1.82, 2.24) is 4.57 Å². The molecule has 3 nitrogen and oxygen atoms in total. The molecule has 0 aliphatic carbocycles. The lowest BCUT2D eigenvalue weighted by Gasteiger charge is -2.25. The second-order valence-corrected chi connectivity index (χ2v) is 12.6. The summed E-state index contributed by atoms with van der Waals surface area (Å²) >= 11 is 0. The van der Waals surface area contributed by atoms with Gasteiger partial charge in [-0.3, -0.25) is 0 Å². The lowest BCUT2D eigenvalue weighted by molar-refractivity contribution is 0.669. The number of hydrogen-bond donors (Lipinski definition) is 0. The number of benzene rings is 8. The molecule has 0 amide bonds. The minimum absolute atomic E-state index is 0.865. The maximum atomic E-state index is 6.58. The van der Waals surface area contributed by atoms with Gasteiger partial charge in [-0.15, -0.1) is 0 Å². The first-order valence-electron chi connectivity index (χ1n) is 16.7. The molecular weight excluding hydrogens is 597 g/mol. The van der Waals surface area contributed by atoms with E-state index in [-0.39, 0.29) is 0 Å². The number of anilines is 3. The minimum Gasteiger partial charge on any atom is -0.456 e. The molecule has 8 aromatic carbocycles. The Morgan fingerprint density at radius 1 is 0.408 bits per heavy atom. The van der Waals surface area contributed by atoms with Crippen molar-refractivity contribution in [2.75, 3.05) is 4.90 Å². The van der Waals surface area contributed by atoms with E-state index in [1.165, 1.54) is 43.7 Å². The Labute approximate surface area is 283 Å². The lowest BCUT2D eigenvalue weighted by Crippen LogP contribution is -2.09. The molecule has 230 valence electrons. The Hall–Kier alpha value is -6.58. The molecule has 0 saturated carbocycles. The molecule has 3 heteroatoms. The fourth-order valence-corrected chi connectivity index (χ4v) is 7.56. The molecule has 0 atom stereocenters. The fourth-order valence-electron chi connectivity index (χ4n) is 7.56. The van der Waals surface area contributed by atoms with Crippen molar-refractivity contribution in [2.45, 2.75) is 0 Å². The van der Waals surface area contributed by atoms with Crippen molar-refractivity contribution in [1.29, 1.82) is 0 Å². The molecule has 0 N–H and O–H groups in total. The molecule has 0 radical (unpaired) electrons. The summed E-state index contributed by atoms with van der Waals surface area (Å²) in [6.45, 7) is 0. The van der Waals surface area contributed by atoms with Crippen molar-refractivity contribution in [3.05, 3.63) is 182 Å². The molecule has 0 unspecified atom stereocenters. The van der Waals surface area contributed by atoms with Crippen molar-refractivity contribution < 1.29 is 4.42 Å². The summed E-state index contributed by atoms with van der Waals surface area (Å²) in [5, 5.41) is 7.12. The van der Waals surface area contributed by atoms with E-state index in [1.807, 2.05) is 0 Å². The summed E-state index contributed by atoms with van der Waals surface area (Å²) in [7, 11) is 0. The zero-order chi connectivity index (χ0) is 32.3. The molecule has 0 aliphatic heterocycles. The average Bonchev–Trinajstić information content (AvgIpc) is 3.72. The first-order valence-corrected chi connectivity index (χ1v) is 16.7. The van der Waals surface area contributed by atoms with Crippen molar-refractivity contribution in [3.63, 3.8) is 0 Å². The van der Waals surface area contributed by atoms with Crippen LogP contribution < -0.4 is 4.90 Å². The third-order valence-corrected chi connectivity index (χ3v) is 9.76. The van der Waals surface area contributed by atoms with Gasteiger partial charge < -0.3 is 13.9 Å². The maximum Gasteiger partial charge on any atom is 0.137 e. The van der Waals surface area contributed by atoms with Crippen molar-refractivity contribution in [2.24, 2.45) is 0 Å². The van der Waals surface area contributed by atoms with Crippen LogP contribution in [-0.4, -0.2) is 4.57 Å². The average molecular weight is 627 g/mol. The highest BCUT2D eigenvalue weighted by molar-refractivity contribution is 6.20. The molecular formula is C46H30N2O. The molecule has 2 aromatic heterocycles. The first-order chi connectivity index (χ1) is 24.3. The molecule has 0 bridgehead atoms. The van der Waals surface area contributed by atoms with Crippen LogP contribution in [0.15, 0.2) is 186 Å². The smallest absolute Gasteiger partial charge is 0.137 e. The molecule has 10 rings (SSSR count). The van der Waals surface area contributed by atoms with E-state index in [4.69, 9.17) is 4.42 Å². The van der Waals surface area contributed by atoms with E-state index in [1.54, 1.807) is 0 Å². The van der Waals surface area contributed by atoms with Crippen LogP contribution in [0.4, 0.5) is 17.1 Å². The normalized spacial score (nSPS) is 11.7. The van der Waals surface area contributed by atoms with E-state index >= 15 is 0 Å². The van der Waals surface area contributed by atoms with Gasteiger partial charge in [0.15, 0.2) is 0 Å². The van der Waals surface area contributed by atoms with Crippen LogP contribution in [0.25, 0.3) is 71.3 Å². The van der Waals surface area contributed by atoms with Gasteiger partial charge in [-0.2, -0.15) is 0 Å². The molecule has 0 aliphatic rings. The molecule has 0 saturated heterocycles. The Balaban J connectivity index is 1.22. The molecule has 49 heavy (non-hydrogen) atoms. The number of para-hydroxylation sites is 2. The number of furan rings is 1. The van der Waals surface area contributed by atoms with Crippen LogP contribution in [0.1, 0.15) is 0 Å². The fraction of sp³-hybridized carbons (Fsp3) is 0. The van der Waals surface area contributed by atoms with Gasteiger partial charge in [0, 0.05) is 38.6 Å². The molecule has 0 spiro atoms. The van der Waals surface area contributed by atoms with Crippen LogP contribution in [-0.2, 0) is 0 Å². The number of fused-ring (bicyclic) bond motifs is 8. The monoisotopic (exact) mass is 626 g/mol. The Kier molecular flexibility index (Phi) is 6.18. The van der Waals surface area contributed by atoms with Gasteiger partial charge in [-0.1, -0.05) is 121 Å². The van der Waals surface area contributed by atoms with Crippen molar-refractivity contribution in [3.8, 4) is 16.8 Å². The highest BCUT2D eigenvalue weighted by atomic mass is 16.3. The van der Waals surface area contributed by atoms with E-state index < -0.39 is 0 Å². The number of hydrogen-bond acceptors (Lipinski definition) is 2. The van der Waals surface area contributed by atoms with Gasteiger partial charge in [-0.05, 0) is 77.2 Å². The van der Waals surface area contributed by atoms with Gasteiger partial charge in [0.1, 0.15) is 11.2 Å². The largest absolute Gasteiger partial charge is 0.456 e. The van der Waals surface area contributed by atoms with Gasteiger partial charge in [0.2, 0.25) is 0 Å². The van der Waals surface area contributed by atoms with E-state index in [2.05, 4.69) is 191 Å². The van der Waals surface area contributed by atoms with E-state index in [0.29, 0.717) is 0 Å². The standard InChI is InChI=1S/C46H30N2O/c1-3-12-31(13-4-1)32-22-25-35(26-23-32)47(34-15-5-2-6-16-34)36-27-29-43-40(30-36)45-42(20-11-21-44(45)49-43)48-41-19-10-9-18-38(41)39-28-24-33-14-7-8-17-37(33)46(39)48/h1-30H. The summed E-state index contributed by atoms with van der Waals surface area (Å²) in [5.74, 6) is 0. The zero-order valence-electron chi connectivity index (χ0n) is 26.6. The van der Waals surface area contributed by atoms with Crippen LogP contribution in [0.3, 0.4) is 0 Å². The molecule has 0 fully saturated rings. The number of nitrogens with zero attached hydrogens (tertiary/aromatic N) is 2. The maximum absolute atomic E-state index is 6.58.